The number of hydrogen-bond acceptors (Lipinski definition) is 9. The first kappa shape index (κ1) is 32.9. The van der Waals surface area contributed by atoms with Crippen molar-refractivity contribution in [2.24, 2.45) is 17.8 Å². The van der Waals surface area contributed by atoms with E-state index in [1.165, 1.54) is 12.1 Å². The Labute approximate surface area is 225 Å². The number of carbonyl (C=O) groups is 4. The molecule has 0 aromatic heterocycles. The zero-order valence-electron chi connectivity index (χ0n) is 23.6. The number of esters is 2. The molecule has 1 aromatic rings. The van der Waals surface area contributed by atoms with Crippen LogP contribution in [0.25, 0.3) is 0 Å². The van der Waals surface area contributed by atoms with E-state index in [4.69, 9.17) is 18.9 Å². The molecule has 0 spiro atoms. The van der Waals surface area contributed by atoms with Crippen molar-refractivity contribution in [1.82, 2.24) is 5.32 Å². The Balaban J connectivity index is 2.90. The van der Waals surface area contributed by atoms with E-state index >= 15 is 0 Å². The lowest BCUT2D eigenvalue weighted by Crippen LogP contribution is -2.42. The van der Waals surface area contributed by atoms with Gasteiger partial charge in [0.05, 0.1) is 6.61 Å². The maximum atomic E-state index is 12.3. The summed E-state index contributed by atoms with van der Waals surface area (Å²) in [6, 6.07) is 3.58. The van der Waals surface area contributed by atoms with Gasteiger partial charge >= 0.3 is 24.1 Å². The molecule has 10 heteroatoms. The summed E-state index contributed by atoms with van der Waals surface area (Å²) in [5, 5.41) is 12.6. The van der Waals surface area contributed by atoms with Gasteiger partial charge in [0, 0.05) is 19.4 Å². The van der Waals surface area contributed by atoms with Crippen LogP contribution >= 0.6 is 0 Å². The zero-order valence-corrected chi connectivity index (χ0v) is 23.6. The lowest BCUT2D eigenvalue weighted by atomic mass is 10.0. The summed E-state index contributed by atoms with van der Waals surface area (Å²) in [5.41, 5.74) is 0.544. The van der Waals surface area contributed by atoms with Crippen molar-refractivity contribution in [3.05, 3.63) is 23.8 Å². The Morgan fingerprint density at radius 3 is 1.95 bits per heavy atom. The lowest BCUT2D eigenvalue weighted by Gasteiger charge is -2.19. The van der Waals surface area contributed by atoms with Crippen molar-refractivity contribution in [3.63, 3.8) is 0 Å². The lowest BCUT2D eigenvalue weighted by molar-refractivity contribution is -0.139. The van der Waals surface area contributed by atoms with Crippen LogP contribution in [-0.4, -0.2) is 54.5 Å². The van der Waals surface area contributed by atoms with Gasteiger partial charge in [-0.2, -0.15) is 0 Å². The second-order valence-electron chi connectivity index (χ2n) is 10.6. The van der Waals surface area contributed by atoms with E-state index < -0.39 is 36.2 Å². The Hall–Kier alpha value is -3.14. The number of ether oxygens (including phenoxy) is 4. The first-order chi connectivity index (χ1) is 17.8. The van der Waals surface area contributed by atoms with Gasteiger partial charge in [0.25, 0.3) is 0 Å². The van der Waals surface area contributed by atoms with Crippen LogP contribution in [0, 0.1) is 17.8 Å². The summed E-state index contributed by atoms with van der Waals surface area (Å²) in [6.45, 7) is 13.5. The maximum Gasteiger partial charge on any atom is 0.508 e. The second-order valence-corrected chi connectivity index (χ2v) is 10.6. The third-order valence-electron chi connectivity index (χ3n) is 5.21. The van der Waals surface area contributed by atoms with Gasteiger partial charge in [0.2, 0.25) is 0 Å². The van der Waals surface area contributed by atoms with Gasteiger partial charge in [-0.05, 0) is 55.2 Å². The van der Waals surface area contributed by atoms with Crippen molar-refractivity contribution in [2.45, 2.75) is 86.3 Å². The largest absolute Gasteiger partial charge is 0.508 e. The van der Waals surface area contributed by atoms with Crippen molar-refractivity contribution in [2.75, 3.05) is 13.2 Å². The van der Waals surface area contributed by atoms with Gasteiger partial charge in [-0.3, -0.25) is 14.4 Å². The van der Waals surface area contributed by atoms with Gasteiger partial charge in [0.15, 0.2) is 11.5 Å². The Kier molecular flexibility index (Phi) is 14.4. The van der Waals surface area contributed by atoms with E-state index in [0.717, 1.165) is 0 Å². The van der Waals surface area contributed by atoms with E-state index in [9.17, 15) is 24.3 Å². The third-order valence-corrected chi connectivity index (χ3v) is 5.21. The number of carboxylic acids is 1. The molecular weight excluding hydrogens is 494 g/mol. The van der Waals surface area contributed by atoms with Gasteiger partial charge in [-0.25, -0.2) is 4.79 Å². The Morgan fingerprint density at radius 1 is 0.842 bits per heavy atom. The highest BCUT2D eigenvalue weighted by molar-refractivity contribution is 5.77. The predicted octanol–water partition coefficient (Wildman–Crippen LogP) is 4.76. The molecule has 0 heterocycles. The second kappa shape index (κ2) is 16.7. The summed E-state index contributed by atoms with van der Waals surface area (Å²) < 4.78 is 21.1. The van der Waals surface area contributed by atoms with E-state index in [2.05, 4.69) is 5.32 Å². The predicted molar refractivity (Wildman–Crippen MR) is 141 cm³/mol. The van der Waals surface area contributed by atoms with Crippen molar-refractivity contribution in [3.8, 4) is 11.5 Å². The monoisotopic (exact) mass is 537 g/mol. The van der Waals surface area contributed by atoms with Gasteiger partial charge in [-0.1, -0.05) is 47.6 Å². The molecule has 0 aliphatic carbocycles. The van der Waals surface area contributed by atoms with Crippen LogP contribution in [0.4, 0.5) is 4.79 Å². The number of hydrogen-bond donors (Lipinski definition) is 2. The standard InChI is InChI=1S/C28H43NO9/c1-17(2)10-11-35-28(34)36-20(7)16-29-22(27(32)33)14-21-8-9-23(37-25(30)12-18(3)4)24(15-21)38-26(31)13-19(5)6/h8-9,15,17-20,22,29H,10-14,16H2,1-7H3,(H,32,33)/t20?,22-/m0/s1. The van der Waals surface area contributed by atoms with Crippen molar-refractivity contribution < 1.29 is 43.2 Å². The molecule has 1 rings (SSSR count). The highest BCUT2D eigenvalue weighted by atomic mass is 16.7. The molecule has 0 aliphatic heterocycles. The average Bonchev–Trinajstić information content (AvgIpc) is 2.76. The normalized spacial score (nSPS) is 12.8. The van der Waals surface area contributed by atoms with E-state index in [-0.39, 0.29) is 55.7 Å². The zero-order chi connectivity index (χ0) is 28.8. The van der Waals surface area contributed by atoms with Crippen molar-refractivity contribution in [1.29, 1.82) is 0 Å². The van der Waals surface area contributed by atoms with E-state index in [1.807, 2.05) is 41.5 Å². The molecule has 214 valence electrons. The molecule has 1 aromatic carbocycles. The topological polar surface area (TPSA) is 137 Å². The third kappa shape index (κ3) is 14.0. The molecule has 0 bridgehead atoms. The molecule has 0 amide bonds. The fourth-order valence-electron chi connectivity index (χ4n) is 3.25. The molecule has 0 fully saturated rings. The van der Waals surface area contributed by atoms with Crippen LogP contribution in [0.5, 0.6) is 11.5 Å². The first-order valence-corrected chi connectivity index (χ1v) is 13.1. The fraction of sp³-hybridized carbons (Fsp3) is 0.643. The molecule has 2 atom stereocenters. The summed E-state index contributed by atoms with van der Waals surface area (Å²) in [7, 11) is 0. The summed E-state index contributed by atoms with van der Waals surface area (Å²) in [4.78, 5) is 48.2. The summed E-state index contributed by atoms with van der Waals surface area (Å²) in [5.74, 6) is -1.38. The van der Waals surface area contributed by atoms with Crippen LogP contribution in [0.15, 0.2) is 18.2 Å². The highest BCUT2D eigenvalue weighted by Gasteiger charge is 2.22. The summed E-state index contributed by atoms with van der Waals surface area (Å²) >= 11 is 0. The fourth-order valence-corrected chi connectivity index (χ4v) is 3.25. The quantitative estimate of drug-likeness (QED) is 0.224. The minimum atomic E-state index is -1.11. The number of aliphatic carboxylic acids is 1. The van der Waals surface area contributed by atoms with Crippen LogP contribution in [0.1, 0.15) is 73.3 Å². The molecule has 0 saturated heterocycles. The van der Waals surface area contributed by atoms with Crippen LogP contribution < -0.4 is 14.8 Å². The average molecular weight is 538 g/mol. The molecule has 1 unspecified atom stereocenters. The highest BCUT2D eigenvalue weighted by Crippen LogP contribution is 2.30. The SMILES string of the molecule is CC(C)CCOC(=O)OC(C)CN[C@@H](Cc1ccc(OC(=O)CC(C)C)c(OC(=O)CC(C)C)c1)C(=O)O. The maximum absolute atomic E-state index is 12.3. The van der Waals surface area contributed by atoms with Gasteiger partial charge in [-0.15, -0.1) is 0 Å². The number of carbonyl (C=O) groups excluding carboxylic acids is 3. The van der Waals surface area contributed by atoms with Gasteiger partial charge in [0.1, 0.15) is 12.1 Å². The number of nitrogens with one attached hydrogen (secondary N) is 1. The van der Waals surface area contributed by atoms with Crippen LogP contribution in [0.3, 0.4) is 0 Å². The van der Waals surface area contributed by atoms with E-state index in [0.29, 0.717) is 17.9 Å². The Morgan fingerprint density at radius 2 is 1.42 bits per heavy atom. The van der Waals surface area contributed by atoms with Crippen LogP contribution in [-0.2, 0) is 30.3 Å². The van der Waals surface area contributed by atoms with E-state index in [1.54, 1.807) is 13.0 Å². The molecule has 2 N–H and O–H groups in total. The molecule has 0 aliphatic rings. The molecule has 0 saturated carbocycles. The summed E-state index contributed by atoms with van der Waals surface area (Å²) in [6.07, 6.45) is -0.317. The molecule has 0 radical (unpaired) electrons. The van der Waals surface area contributed by atoms with Crippen LogP contribution in [0.2, 0.25) is 0 Å². The number of carboxylic acid groups (broad SMARTS) is 1. The smallest absolute Gasteiger partial charge is 0.480 e. The molecular formula is C28H43NO9. The first-order valence-electron chi connectivity index (χ1n) is 13.1. The molecule has 10 nitrogen and oxygen atoms in total. The van der Waals surface area contributed by atoms with Crippen molar-refractivity contribution >= 4 is 24.1 Å². The minimum Gasteiger partial charge on any atom is -0.480 e. The Bertz CT molecular complexity index is 927. The molecule has 38 heavy (non-hydrogen) atoms. The number of benzene rings is 1. The minimum absolute atomic E-state index is 0.0375. The number of rotatable bonds is 16. The van der Waals surface area contributed by atoms with Gasteiger partial charge < -0.3 is 29.4 Å².